The first-order chi connectivity index (χ1) is 10.1. The second-order valence-electron chi connectivity index (χ2n) is 5.11. The summed E-state index contributed by atoms with van der Waals surface area (Å²) < 4.78 is 1.11. The average Bonchev–Trinajstić information content (AvgIpc) is 2.90. The molecule has 1 amide bonds. The molecule has 0 bridgehead atoms. The van der Waals surface area contributed by atoms with E-state index in [1.807, 2.05) is 36.4 Å². The van der Waals surface area contributed by atoms with Crippen LogP contribution in [0.3, 0.4) is 0 Å². The molecule has 0 saturated heterocycles. The molecule has 1 aliphatic heterocycles. The van der Waals surface area contributed by atoms with Gasteiger partial charge in [-0.15, -0.1) is 0 Å². The predicted molar refractivity (Wildman–Crippen MR) is 91.0 cm³/mol. The van der Waals surface area contributed by atoms with Gasteiger partial charge in [0.25, 0.3) is 5.91 Å². The molecule has 0 fully saturated rings. The van der Waals surface area contributed by atoms with Crippen molar-refractivity contribution in [3.8, 4) is 0 Å². The number of carbonyl (C=O) groups excluding carboxylic acids is 2. The Bertz CT molecular complexity index is 722. The number of benzene rings is 2. The molecule has 2 aromatic carbocycles. The third-order valence-electron chi connectivity index (χ3n) is 3.72. The SMILES string of the molecule is CC(=O)c1ccc2c(c1)CCN2C(=O)c1ccc(I)cc1. The van der Waals surface area contributed by atoms with E-state index >= 15 is 0 Å². The Labute approximate surface area is 137 Å². The molecular weight excluding hydrogens is 377 g/mol. The second-order valence-corrected chi connectivity index (χ2v) is 6.36. The van der Waals surface area contributed by atoms with Gasteiger partial charge in [-0.1, -0.05) is 0 Å². The van der Waals surface area contributed by atoms with Crippen molar-refractivity contribution in [2.24, 2.45) is 0 Å². The number of Topliss-reactive ketones (excluding diaryl/α,β-unsaturated/α-hetero) is 1. The van der Waals surface area contributed by atoms with Crippen LogP contribution in [0.25, 0.3) is 0 Å². The quantitative estimate of drug-likeness (QED) is 0.579. The van der Waals surface area contributed by atoms with Crippen molar-refractivity contribution in [3.05, 3.63) is 62.7 Å². The number of anilines is 1. The van der Waals surface area contributed by atoms with Crippen LogP contribution in [0.4, 0.5) is 5.69 Å². The Hall–Kier alpha value is -1.69. The first-order valence-electron chi connectivity index (χ1n) is 6.77. The lowest BCUT2D eigenvalue weighted by atomic mass is 10.1. The monoisotopic (exact) mass is 391 g/mol. The molecule has 0 atom stereocenters. The zero-order valence-electron chi connectivity index (χ0n) is 11.6. The van der Waals surface area contributed by atoms with E-state index in [2.05, 4.69) is 22.6 Å². The average molecular weight is 391 g/mol. The molecule has 0 N–H and O–H groups in total. The summed E-state index contributed by atoms with van der Waals surface area (Å²) in [4.78, 5) is 25.8. The molecule has 3 nitrogen and oxygen atoms in total. The van der Waals surface area contributed by atoms with Gasteiger partial charge in [-0.05, 0) is 84.0 Å². The van der Waals surface area contributed by atoms with Crippen LogP contribution >= 0.6 is 22.6 Å². The molecule has 21 heavy (non-hydrogen) atoms. The van der Waals surface area contributed by atoms with Crippen LogP contribution in [0.1, 0.15) is 33.2 Å². The Morgan fingerprint density at radius 2 is 1.71 bits per heavy atom. The molecule has 106 valence electrons. The molecule has 0 spiro atoms. The van der Waals surface area contributed by atoms with E-state index in [1.54, 1.807) is 17.9 Å². The summed E-state index contributed by atoms with van der Waals surface area (Å²) in [6.45, 7) is 2.23. The summed E-state index contributed by atoms with van der Waals surface area (Å²) in [5, 5.41) is 0. The number of nitrogens with zero attached hydrogens (tertiary/aromatic N) is 1. The maximum Gasteiger partial charge on any atom is 0.258 e. The summed E-state index contributed by atoms with van der Waals surface area (Å²) in [7, 11) is 0. The Morgan fingerprint density at radius 3 is 2.38 bits per heavy atom. The van der Waals surface area contributed by atoms with Crippen molar-refractivity contribution >= 4 is 40.0 Å². The Kier molecular flexibility index (Phi) is 3.80. The summed E-state index contributed by atoms with van der Waals surface area (Å²) >= 11 is 2.22. The van der Waals surface area contributed by atoms with Crippen molar-refractivity contribution in [3.63, 3.8) is 0 Å². The van der Waals surface area contributed by atoms with Gasteiger partial charge in [0.1, 0.15) is 0 Å². The maximum absolute atomic E-state index is 12.6. The minimum atomic E-state index is 0.0146. The van der Waals surface area contributed by atoms with Crippen LogP contribution < -0.4 is 4.90 Å². The smallest absolute Gasteiger partial charge is 0.258 e. The lowest BCUT2D eigenvalue weighted by molar-refractivity contribution is 0.0987. The first-order valence-corrected chi connectivity index (χ1v) is 7.85. The van der Waals surface area contributed by atoms with Crippen molar-refractivity contribution < 1.29 is 9.59 Å². The molecule has 0 aromatic heterocycles. The highest BCUT2D eigenvalue weighted by atomic mass is 127. The maximum atomic E-state index is 12.6. The van der Waals surface area contributed by atoms with Crippen LogP contribution in [-0.4, -0.2) is 18.2 Å². The zero-order chi connectivity index (χ0) is 15.0. The van der Waals surface area contributed by atoms with E-state index in [0.29, 0.717) is 17.7 Å². The number of rotatable bonds is 2. The summed E-state index contributed by atoms with van der Waals surface area (Å²) in [6, 6.07) is 13.1. The predicted octanol–water partition coefficient (Wildman–Crippen LogP) is 3.70. The number of ketones is 1. The van der Waals surface area contributed by atoms with Gasteiger partial charge < -0.3 is 4.90 Å². The fourth-order valence-electron chi connectivity index (χ4n) is 2.58. The van der Waals surface area contributed by atoms with Crippen LogP contribution in [0.5, 0.6) is 0 Å². The Balaban J connectivity index is 1.92. The molecule has 0 radical (unpaired) electrons. The molecule has 0 unspecified atom stereocenters. The number of hydrogen-bond donors (Lipinski definition) is 0. The van der Waals surface area contributed by atoms with Gasteiger partial charge in [-0.25, -0.2) is 0 Å². The highest BCUT2D eigenvalue weighted by Gasteiger charge is 2.25. The second kappa shape index (κ2) is 5.60. The lowest BCUT2D eigenvalue weighted by Gasteiger charge is -2.17. The number of hydrogen-bond acceptors (Lipinski definition) is 2. The molecule has 3 rings (SSSR count). The van der Waals surface area contributed by atoms with Gasteiger partial charge in [0.2, 0.25) is 0 Å². The van der Waals surface area contributed by atoms with Crippen LogP contribution in [0, 0.1) is 3.57 Å². The van der Waals surface area contributed by atoms with E-state index in [0.717, 1.165) is 21.2 Å². The minimum Gasteiger partial charge on any atom is -0.308 e. The van der Waals surface area contributed by atoms with Crippen LogP contribution in [-0.2, 0) is 6.42 Å². The van der Waals surface area contributed by atoms with Gasteiger partial charge in [-0.3, -0.25) is 9.59 Å². The number of carbonyl (C=O) groups is 2. The normalized spacial score (nSPS) is 13.1. The fourth-order valence-corrected chi connectivity index (χ4v) is 2.94. The third-order valence-corrected chi connectivity index (χ3v) is 4.44. The summed E-state index contributed by atoms with van der Waals surface area (Å²) in [5.74, 6) is 0.0703. The van der Waals surface area contributed by atoms with Crippen LogP contribution in [0.15, 0.2) is 42.5 Å². The van der Waals surface area contributed by atoms with E-state index in [4.69, 9.17) is 0 Å². The number of fused-ring (bicyclic) bond motifs is 1. The summed E-state index contributed by atoms with van der Waals surface area (Å²) in [6.07, 6.45) is 0.798. The third kappa shape index (κ3) is 2.72. The van der Waals surface area contributed by atoms with Crippen molar-refractivity contribution in [2.75, 3.05) is 11.4 Å². The molecule has 0 aliphatic carbocycles. The van der Waals surface area contributed by atoms with Gasteiger partial charge in [0.15, 0.2) is 5.78 Å². The Morgan fingerprint density at radius 1 is 1.05 bits per heavy atom. The standard InChI is InChI=1S/C17H14INO2/c1-11(20)13-4-7-16-14(10-13)8-9-19(16)17(21)12-2-5-15(18)6-3-12/h2-7,10H,8-9H2,1H3. The topological polar surface area (TPSA) is 37.4 Å². The van der Waals surface area contributed by atoms with Gasteiger partial charge in [-0.2, -0.15) is 0 Å². The fraction of sp³-hybridized carbons (Fsp3) is 0.176. The molecule has 1 aliphatic rings. The minimum absolute atomic E-state index is 0.0146. The molecule has 1 heterocycles. The van der Waals surface area contributed by atoms with Crippen molar-refractivity contribution in [2.45, 2.75) is 13.3 Å². The first kappa shape index (κ1) is 14.3. The highest BCUT2D eigenvalue weighted by Crippen LogP contribution is 2.30. The highest BCUT2D eigenvalue weighted by molar-refractivity contribution is 14.1. The number of amides is 1. The lowest BCUT2D eigenvalue weighted by Crippen LogP contribution is -2.28. The summed E-state index contributed by atoms with van der Waals surface area (Å²) in [5.41, 5.74) is 3.39. The largest absolute Gasteiger partial charge is 0.308 e. The van der Waals surface area contributed by atoms with Crippen molar-refractivity contribution in [1.82, 2.24) is 0 Å². The van der Waals surface area contributed by atoms with E-state index in [9.17, 15) is 9.59 Å². The molecule has 2 aromatic rings. The van der Waals surface area contributed by atoms with E-state index in [-0.39, 0.29) is 11.7 Å². The van der Waals surface area contributed by atoms with Crippen molar-refractivity contribution in [1.29, 1.82) is 0 Å². The van der Waals surface area contributed by atoms with Gasteiger partial charge >= 0.3 is 0 Å². The van der Waals surface area contributed by atoms with Gasteiger partial charge in [0, 0.05) is 26.9 Å². The molecular formula is C17H14INO2. The van der Waals surface area contributed by atoms with Crippen LogP contribution in [0.2, 0.25) is 0 Å². The number of halogens is 1. The molecule has 4 heteroatoms. The zero-order valence-corrected chi connectivity index (χ0v) is 13.8. The van der Waals surface area contributed by atoms with E-state index < -0.39 is 0 Å². The molecule has 0 saturated carbocycles. The van der Waals surface area contributed by atoms with E-state index in [1.165, 1.54) is 0 Å². The van der Waals surface area contributed by atoms with Gasteiger partial charge in [0.05, 0.1) is 0 Å².